The lowest BCUT2D eigenvalue weighted by molar-refractivity contribution is 0.0819. The van der Waals surface area contributed by atoms with E-state index in [0.717, 1.165) is 23.4 Å². The molecule has 0 radical (unpaired) electrons. The highest BCUT2D eigenvalue weighted by atomic mass is 32.2. The molecule has 0 unspecified atom stereocenters. The highest BCUT2D eigenvalue weighted by Crippen LogP contribution is 2.30. The van der Waals surface area contributed by atoms with E-state index in [2.05, 4.69) is 11.9 Å². The molecule has 1 atom stereocenters. The molecule has 2 aromatic rings. The zero-order valence-electron chi connectivity index (χ0n) is 13.7. The van der Waals surface area contributed by atoms with Gasteiger partial charge in [0.25, 0.3) is 5.91 Å². The molecule has 0 saturated carbocycles. The van der Waals surface area contributed by atoms with Gasteiger partial charge >= 0.3 is 0 Å². The van der Waals surface area contributed by atoms with E-state index in [1.54, 1.807) is 16.7 Å². The summed E-state index contributed by atoms with van der Waals surface area (Å²) in [6.07, 6.45) is 0.854. The van der Waals surface area contributed by atoms with Gasteiger partial charge in [0, 0.05) is 17.4 Å². The van der Waals surface area contributed by atoms with Gasteiger partial charge in [0.1, 0.15) is 5.82 Å². The summed E-state index contributed by atoms with van der Waals surface area (Å²) in [5.74, 6) is 0.356. The molecule has 0 spiro atoms. The second kappa shape index (κ2) is 7.18. The van der Waals surface area contributed by atoms with Crippen LogP contribution in [-0.4, -0.2) is 27.8 Å². The van der Waals surface area contributed by atoms with Crippen molar-refractivity contribution in [2.24, 2.45) is 4.99 Å². The molecule has 5 heteroatoms. The Morgan fingerprint density at radius 1 is 1.29 bits per heavy atom. The molecule has 1 fully saturated rings. The maximum Gasteiger partial charge on any atom is 0.260 e. The van der Waals surface area contributed by atoms with E-state index >= 15 is 0 Å². The Balaban J connectivity index is 1.94. The van der Waals surface area contributed by atoms with E-state index in [4.69, 9.17) is 0 Å². The third-order valence-corrected chi connectivity index (χ3v) is 5.08. The third-order valence-electron chi connectivity index (χ3n) is 3.98. The smallest absolute Gasteiger partial charge is 0.260 e. The van der Waals surface area contributed by atoms with Crippen LogP contribution in [0.5, 0.6) is 0 Å². The van der Waals surface area contributed by atoms with Crippen LogP contribution in [-0.2, 0) is 0 Å². The van der Waals surface area contributed by atoms with Crippen LogP contribution < -0.4 is 0 Å². The van der Waals surface area contributed by atoms with Gasteiger partial charge in [-0.3, -0.25) is 9.69 Å². The Hall–Kier alpha value is -2.14. The Labute approximate surface area is 145 Å². The minimum Gasteiger partial charge on any atom is -0.283 e. The van der Waals surface area contributed by atoms with Crippen LogP contribution >= 0.6 is 11.8 Å². The van der Waals surface area contributed by atoms with Gasteiger partial charge in [-0.05, 0) is 55.3 Å². The maximum atomic E-state index is 13.1. The lowest BCUT2D eigenvalue weighted by Crippen LogP contribution is -2.39. The molecule has 0 N–H and O–H groups in total. The van der Waals surface area contributed by atoms with E-state index in [9.17, 15) is 9.18 Å². The van der Waals surface area contributed by atoms with E-state index in [-0.39, 0.29) is 17.8 Å². The number of hydrogen-bond acceptors (Lipinski definition) is 3. The lowest BCUT2D eigenvalue weighted by Gasteiger charge is -2.23. The summed E-state index contributed by atoms with van der Waals surface area (Å²) in [6, 6.07) is 13.7. The normalized spacial score (nSPS) is 19.0. The monoisotopic (exact) mass is 342 g/mol. The highest BCUT2D eigenvalue weighted by Gasteiger charge is 2.34. The fraction of sp³-hybridized carbons (Fsp3) is 0.263. The summed E-state index contributed by atoms with van der Waals surface area (Å²) in [6.45, 7) is 4.08. The standard InChI is InChI=1S/C19H19FN2OS/c1-3-17-12-24-19(21-16-6-4-5-13(2)11-16)22(17)18(23)14-7-9-15(20)10-8-14/h4-11,17H,3,12H2,1-2H3/t17-/m1/s1. The fourth-order valence-electron chi connectivity index (χ4n) is 2.65. The van der Waals surface area contributed by atoms with Crippen molar-refractivity contribution >= 4 is 28.5 Å². The van der Waals surface area contributed by atoms with Gasteiger partial charge in [-0.15, -0.1) is 0 Å². The molecule has 1 aliphatic rings. The number of amidine groups is 1. The first kappa shape index (κ1) is 16.7. The summed E-state index contributed by atoms with van der Waals surface area (Å²) < 4.78 is 13.1. The first-order chi connectivity index (χ1) is 11.6. The molecule has 1 saturated heterocycles. The van der Waals surface area contributed by atoms with E-state index < -0.39 is 0 Å². The molecule has 0 aromatic heterocycles. The van der Waals surface area contributed by atoms with Gasteiger partial charge in [0.05, 0.1) is 5.69 Å². The van der Waals surface area contributed by atoms with Gasteiger partial charge in [0.2, 0.25) is 0 Å². The van der Waals surface area contributed by atoms with Crippen LogP contribution in [0.1, 0.15) is 29.3 Å². The van der Waals surface area contributed by atoms with Gasteiger partial charge in [-0.1, -0.05) is 30.8 Å². The van der Waals surface area contributed by atoms with E-state index in [1.165, 1.54) is 24.3 Å². The first-order valence-electron chi connectivity index (χ1n) is 7.95. The number of benzene rings is 2. The molecular weight excluding hydrogens is 323 g/mol. The molecule has 3 rings (SSSR count). The minimum absolute atomic E-state index is 0.108. The number of rotatable bonds is 3. The summed E-state index contributed by atoms with van der Waals surface area (Å²) in [5, 5.41) is 0.710. The number of halogens is 1. The number of carbonyl (C=O) groups excluding carboxylic acids is 1. The Kier molecular flexibility index (Phi) is 5.00. The molecule has 1 aliphatic heterocycles. The zero-order chi connectivity index (χ0) is 17.1. The Morgan fingerprint density at radius 3 is 2.71 bits per heavy atom. The van der Waals surface area contributed by atoms with Crippen molar-refractivity contribution in [2.45, 2.75) is 26.3 Å². The molecule has 0 bridgehead atoms. The SMILES string of the molecule is CC[C@@H]1CSC(=Nc2cccc(C)c2)N1C(=O)c1ccc(F)cc1. The quantitative estimate of drug-likeness (QED) is 0.803. The summed E-state index contributed by atoms with van der Waals surface area (Å²) in [7, 11) is 0. The number of thioether (sulfide) groups is 1. The van der Waals surface area contributed by atoms with Crippen molar-refractivity contribution in [1.82, 2.24) is 4.90 Å². The lowest BCUT2D eigenvalue weighted by atomic mass is 10.1. The Bertz CT molecular complexity index is 773. The first-order valence-corrected chi connectivity index (χ1v) is 8.94. The van der Waals surface area contributed by atoms with Gasteiger partial charge < -0.3 is 0 Å². The maximum absolute atomic E-state index is 13.1. The minimum atomic E-state index is -0.344. The van der Waals surface area contributed by atoms with Crippen molar-refractivity contribution in [1.29, 1.82) is 0 Å². The van der Waals surface area contributed by atoms with Gasteiger partial charge in [-0.2, -0.15) is 0 Å². The second-order valence-corrected chi connectivity index (χ2v) is 6.78. The largest absolute Gasteiger partial charge is 0.283 e. The van der Waals surface area contributed by atoms with Crippen molar-refractivity contribution < 1.29 is 9.18 Å². The molecule has 3 nitrogen and oxygen atoms in total. The summed E-state index contributed by atoms with van der Waals surface area (Å²) in [4.78, 5) is 19.3. The van der Waals surface area contributed by atoms with Gasteiger partial charge in [0.15, 0.2) is 5.17 Å². The van der Waals surface area contributed by atoms with Gasteiger partial charge in [-0.25, -0.2) is 9.38 Å². The van der Waals surface area contributed by atoms with Crippen LogP contribution in [0.2, 0.25) is 0 Å². The molecule has 124 valence electrons. The van der Waals surface area contributed by atoms with Crippen LogP contribution in [0.15, 0.2) is 53.5 Å². The van der Waals surface area contributed by atoms with Crippen LogP contribution in [0.3, 0.4) is 0 Å². The molecule has 1 heterocycles. The van der Waals surface area contributed by atoms with Crippen LogP contribution in [0, 0.1) is 12.7 Å². The van der Waals surface area contributed by atoms with Crippen LogP contribution in [0.25, 0.3) is 0 Å². The fourth-order valence-corrected chi connectivity index (χ4v) is 3.92. The molecule has 0 aliphatic carbocycles. The summed E-state index contributed by atoms with van der Waals surface area (Å²) in [5.41, 5.74) is 2.45. The predicted octanol–water partition coefficient (Wildman–Crippen LogP) is 4.79. The number of amides is 1. The van der Waals surface area contributed by atoms with Crippen molar-refractivity contribution in [3.63, 3.8) is 0 Å². The Morgan fingerprint density at radius 2 is 2.04 bits per heavy atom. The number of aliphatic imine (C=N–C) groups is 1. The topological polar surface area (TPSA) is 32.7 Å². The molecular formula is C19H19FN2OS. The van der Waals surface area contributed by atoms with E-state index in [1.807, 2.05) is 31.2 Å². The number of carbonyl (C=O) groups is 1. The molecule has 24 heavy (non-hydrogen) atoms. The number of aryl methyl sites for hydroxylation is 1. The predicted molar refractivity (Wildman–Crippen MR) is 97.4 cm³/mol. The average molecular weight is 342 g/mol. The van der Waals surface area contributed by atoms with Crippen LogP contribution in [0.4, 0.5) is 10.1 Å². The number of nitrogens with zero attached hydrogens (tertiary/aromatic N) is 2. The second-order valence-electron chi connectivity index (χ2n) is 5.79. The average Bonchev–Trinajstić information content (AvgIpc) is 2.97. The number of hydrogen-bond donors (Lipinski definition) is 0. The third kappa shape index (κ3) is 3.51. The van der Waals surface area contributed by atoms with Crippen molar-refractivity contribution in [3.8, 4) is 0 Å². The molecule has 2 aromatic carbocycles. The highest BCUT2D eigenvalue weighted by molar-refractivity contribution is 8.14. The zero-order valence-corrected chi connectivity index (χ0v) is 14.5. The molecule has 1 amide bonds. The van der Waals surface area contributed by atoms with Crippen molar-refractivity contribution in [2.75, 3.05) is 5.75 Å². The van der Waals surface area contributed by atoms with Crippen molar-refractivity contribution in [3.05, 3.63) is 65.5 Å². The van der Waals surface area contributed by atoms with E-state index in [0.29, 0.717) is 10.7 Å². The summed E-state index contributed by atoms with van der Waals surface area (Å²) >= 11 is 1.59.